The first-order chi connectivity index (χ1) is 14.1. The first-order valence-corrected chi connectivity index (χ1v) is 10.1. The average Bonchev–Trinajstić information content (AvgIpc) is 2.95. The van der Waals surface area contributed by atoms with Crippen molar-refractivity contribution in [1.29, 1.82) is 5.26 Å². The molecule has 0 aliphatic carbocycles. The van der Waals surface area contributed by atoms with Gasteiger partial charge in [0.05, 0.1) is 17.1 Å². The van der Waals surface area contributed by atoms with Crippen LogP contribution in [0.2, 0.25) is 0 Å². The standard InChI is InChI=1S/C19H16BrN3O6S/c1-4-29-19(26)15-9(2)10(3)30-18(15)22-17(25)12(8-21)5-11-6-13(20)7-14(16(11)24)23(27)28/h5-7,24H,4H2,1-3H3,(H,22,25). The van der Waals surface area contributed by atoms with Crippen molar-refractivity contribution in [3.63, 3.8) is 0 Å². The van der Waals surface area contributed by atoms with Crippen LogP contribution in [0.5, 0.6) is 5.75 Å². The Balaban J connectivity index is 2.45. The van der Waals surface area contributed by atoms with Crippen LogP contribution < -0.4 is 5.32 Å². The molecule has 1 heterocycles. The number of aryl methyl sites for hydroxylation is 1. The predicted octanol–water partition coefficient (Wildman–Crippen LogP) is 4.46. The number of carbonyl (C=O) groups is 2. The highest BCUT2D eigenvalue weighted by Gasteiger charge is 2.24. The van der Waals surface area contributed by atoms with E-state index in [0.717, 1.165) is 28.4 Å². The van der Waals surface area contributed by atoms with E-state index in [-0.39, 0.29) is 27.2 Å². The number of hydrogen-bond donors (Lipinski definition) is 2. The lowest BCUT2D eigenvalue weighted by Crippen LogP contribution is -2.16. The molecule has 0 radical (unpaired) electrons. The third kappa shape index (κ3) is 4.84. The fraction of sp³-hybridized carbons (Fsp3) is 0.211. The van der Waals surface area contributed by atoms with Crippen molar-refractivity contribution in [3.8, 4) is 11.8 Å². The van der Waals surface area contributed by atoms with Gasteiger partial charge in [0, 0.05) is 21.0 Å². The first kappa shape index (κ1) is 23.1. The van der Waals surface area contributed by atoms with Crippen molar-refractivity contribution in [3.05, 3.63) is 53.9 Å². The van der Waals surface area contributed by atoms with Gasteiger partial charge >= 0.3 is 11.7 Å². The number of nitrogens with zero attached hydrogens (tertiary/aromatic N) is 2. The zero-order valence-corrected chi connectivity index (χ0v) is 18.5. The van der Waals surface area contributed by atoms with Gasteiger partial charge in [0.25, 0.3) is 5.91 Å². The molecular weight excluding hydrogens is 478 g/mol. The molecule has 2 rings (SSSR count). The number of nitro benzene ring substituents is 1. The van der Waals surface area contributed by atoms with E-state index in [0.29, 0.717) is 5.56 Å². The molecule has 0 aliphatic heterocycles. The molecular formula is C19H16BrN3O6S. The van der Waals surface area contributed by atoms with Gasteiger partial charge in [0.1, 0.15) is 16.6 Å². The van der Waals surface area contributed by atoms with E-state index in [1.807, 2.05) is 0 Å². The highest BCUT2D eigenvalue weighted by Crippen LogP contribution is 2.36. The molecule has 2 N–H and O–H groups in total. The van der Waals surface area contributed by atoms with Crippen LogP contribution in [0.25, 0.3) is 6.08 Å². The van der Waals surface area contributed by atoms with Crippen molar-refractivity contribution in [1.82, 2.24) is 0 Å². The summed E-state index contributed by atoms with van der Waals surface area (Å²) in [5.41, 5.74) is -0.243. The maximum absolute atomic E-state index is 12.6. The SMILES string of the molecule is CCOC(=O)c1c(NC(=O)C(C#N)=Cc2cc(Br)cc([N+](=O)[O-])c2O)sc(C)c1C. The molecule has 0 aliphatic rings. The van der Waals surface area contributed by atoms with Crippen LogP contribution >= 0.6 is 27.3 Å². The molecule has 0 fully saturated rings. The van der Waals surface area contributed by atoms with Gasteiger partial charge in [-0.2, -0.15) is 5.26 Å². The van der Waals surface area contributed by atoms with Crippen LogP contribution in [0.4, 0.5) is 10.7 Å². The van der Waals surface area contributed by atoms with E-state index in [4.69, 9.17) is 4.74 Å². The number of hydrogen-bond acceptors (Lipinski definition) is 8. The summed E-state index contributed by atoms with van der Waals surface area (Å²) in [4.78, 5) is 36.0. The van der Waals surface area contributed by atoms with Crippen molar-refractivity contribution in [2.24, 2.45) is 0 Å². The van der Waals surface area contributed by atoms with Gasteiger partial charge < -0.3 is 15.2 Å². The minimum Gasteiger partial charge on any atom is -0.502 e. The van der Waals surface area contributed by atoms with Crippen LogP contribution in [0.15, 0.2) is 22.2 Å². The summed E-state index contributed by atoms with van der Waals surface area (Å²) >= 11 is 4.25. The maximum atomic E-state index is 12.6. The summed E-state index contributed by atoms with van der Waals surface area (Å²) < 4.78 is 5.31. The number of amides is 1. The summed E-state index contributed by atoms with van der Waals surface area (Å²) in [5, 5.41) is 33.3. The van der Waals surface area contributed by atoms with Crippen molar-refractivity contribution in [2.45, 2.75) is 20.8 Å². The number of esters is 1. The average molecular weight is 494 g/mol. The molecule has 0 saturated carbocycles. The van der Waals surface area contributed by atoms with E-state index in [1.165, 1.54) is 6.07 Å². The van der Waals surface area contributed by atoms with Gasteiger partial charge in [-0.25, -0.2) is 4.79 Å². The molecule has 0 saturated heterocycles. The van der Waals surface area contributed by atoms with Gasteiger partial charge in [-0.1, -0.05) is 15.9 Å². The number of ether oxygens (including phenoxy) is 1. The molecule has 9 nitrogen and oxygen atoms in total. The van der Waals surface area contributed by atoms with Crippen molar-refractivity contribution < 1.29 is 24.4 Å². The molecule has 0 spiro atoms. The third-order valence-electron chi connectivity index (χ3n) is 4.04. The number of nitro groups is 1. The Morgan fingerprint density at radius 1 is 1.43 bits per heavy atom. The normalized spacial score (nSPS) is 11.0. The fourth-order valence-electron chi connectivity index (χ4n) is 2.49. The Hall–Kier alpha value is -3.23. The number of thiophene rings is 1. The third-order valence-corrected chi connectivity index (χ3v) is 5.62. The molecule has 2 aromatic rings. The second-order valence-electron chi connectivity index (χ2n) is 5.95. The molecule has 0 atom stereocenters. The van der Waals surface area contributed by atoms with Crippen LogP contribution in [0.1, 0.15) is 33.3 Å². The first-order valence-electron chi connectivity index (χ1n) is 8.47. The lowest BCUT2D eigenvalue weighted by atomic mass is 10.1. The van der Waals surface area contributed by atoms with Crippen LogP contribution in [0, 0.1) is 35.3 Å². The number of phenols is 1. The number of phenolic OH excluding ortho intramolecular Hbond substituents is 1. The van der Waals surface area contributed by atoms with E-state index in [2.05, 4.69) is 21.2 Å². The minimum absolute atomic E-state index is 0.0908. The number of halogens is 1. The molecule has 11 heteroatoms. The van der Waals surface area contributed by atoms with E-state index >= 15 is 0 Å². The molecule has 1 amide bonds. The van der Waals surface area contributed by atoms with Crippen LogP contribution in [-0.4, -0.2) is 28.5 Å². The lowest BCUT2D eigenvalue weighted by molar-refractivity contribution is -0.385. The number of aromatic hydroxyl groups is 1. The number of nitriles is 1. The van der Waals surface area contributed by atoms with Gasteiger partial charge in [0.15, 0.2) is 0 Å². The molecule has 1 aromatic heterocycles. The fourth-order valence-corrected chi connectivity index (χ4v) is 4.00. The smallest absolute Gasteiger partial charge is 0.341 e. The Morgan fingerprint density at radius 2 is 2.10 bits per heavy atom. The lowest BCUT2D eigenvalue weighted by Gasteiger charge is -2.07. The Labute approximate surface area is 183 Å². The largest absolute Gasteiger partial charge is 0.502 e. The Bertz CT molecular complexity index is 1120. The van der Waals surface area contributed by atoms with E-state index < -0.39 is 33.8 Å². The number of nitrogens with one attached hydrogen (secondary N) is 1. The summed E-state index contributed by atoms with van der Waals surface area (Å²) in [6.45, 7) is 5.31. The van der Waals surface area contributed by atoms with Gasteiger partial charge in [0.2, 0.25) is 5.75 Å². The van der Waals surface area contributed by atoms with E-state index in [1.54, 1.807) is 26.8 Å². The quantitative estimate of drug-likeness (QED) is 0.198. The molecule has 156 valence electrons. The van der Waals surface area contributed by atoms with Gasteiger partial charge in [-0.15, -0.1) is 11.3 Å². The number of benzene rings is 1. The second kappa shape index (κ2) is 9.51. The monoisotopic (exact) mass is 493 g/mol. The summed E-state index contributed by atoms with van der Waals surface area (Å²) in [7, 11) is 0. The van der Waals surface area contributed by atoms with Crippen LogP contribution in [0.3, 0.4) is 0 Å². The number of rotatable bonds is 6. The molecule has 30 heavy (non-hydrogen) atoms. The molecule has 0 bridgehead atoms. The minimum atomic E-state index is -0.841. The highest BCUT2D eigenvalue weighted by molar-refractivity contribution is 9.10. The Morgan fingerprint density at radius 3 is 2.67 bits per heavy atom. The molecule has 0 unspecified atom stereocenters. The van der Waals surface area contributed by atoms with Gasteiger partial charge in [-0.05, 0) is 38.5 Å². The Kier molecular flexibility index (Phi) is 7.31. The molecule has 1 aromatic carbocycles. The maximum Gasteiger partial charge on any atom is 0.341 e. The summed E-state index contributed by atoms with van der Waals surface area (Å²) in [6, 6.07) is 4.13. The van der Waals surface area contributed by atoms with Crippen LogP contribution in [-0.2, 0) is 9.53 Å². The van der Waals surface area contributed by atoms with Crippen molar-refractivity contribution in [2.75, 3.05) is 11.9 Å². The summed E-state index contributed by atoms with van der Waals surface area (Å²) in [5.74, 6) is -2.12. The zero-order chi connectivity index (χ0) is 22.6. The second-order valence-corrected chi connectivity index (χ2v) is 8.09. The van der Waals surface area contributed by atoms with E-state index in [9.17, 15) is 30.1 Å². The zero-order valence-electron chi connectivity index (χ0n) is 16.1. The van der Waals surface area contributed by atoms with Crippen molar-refractivity contribution >= 4 is 55.9 Å². The summed E-state index contributed by atoms with van der Waals surface area (Å²) in [6.07, 6.45) is 1.03. The highest BCUT2D eigenvalue weighted by atomic mass is 79.9. The number of anilines is 1. The predicted molar refractivity (Wildman–Crippen MR) is 114 cm³/mol. The number of carbonyl (C=O) groups excluding carboxylic acids is 2. The topological polar surface area (TPSA) is 143 Å². The van der Waals surface area contributed by atoms with Gasteiger partial charge in [-0.3, -0.25) is 14.9 Å².